The van der Waals surface area contributed by atoms with Gasteiger partial charge in [0.05, 0.1) is 6.04 Å². The van der Waals surface area contributed by atoms with Crippen LogP contribution >= 0.6 is 0 Å². The summed E-state index contributed by atoms with van der Waals surface area (Å²) in [6.07, 6.45) is 0. The molecule has 0 bridgehead atoms. The predicted molar refractivity (Wildman–Crippen MR) is 78.0 cm³/mol. The second kappa shape index (κ2) is 7.75. The molecule has 1 aromatic heterocycles. The molecule has 0 saturated heterocycles. The standard InChI is InChI=1S/C15H21N3O3/c1-12(15-16-14(11-19-3)17-21-15)18(2)9-10-20-13-7-5-4-6-8-13/h4-8,12H,9-11H2,1-3H3. The second-order valence-corrected chi connectivity index (χ2v) is 4.80. The first-order valence-corrected chi connectivity index (χ1v) is 6.90. The van der Waals surface area contributed by atoms with Gasteiger partial charge in [0.25, 0.3) is 0 Å². The van der Waals surface area contributed by atoms with Crippen molar-refractivity contribution in [3.63, 3.8) is 0 Å². The Morgan fingerprint density at radius 2 is 2.05 bits per heavy atom. The zero-order valence-electron chi connectivity index (χ0n) is 12.7. The maximum atomic E-state index is 5.68. The maximum Gasteiger partial charge on any atom is 0.243 e. The summed E-state index contributed by atoms with van der Waals surface area (Å²) in [5, 5.41) is 3.87. The molecule has 6 nitrogen and oxygen atoms in total. The summed E-state index contributed by atoms with van der Waals surface area (Å²) in [5.41, 5.74) is 0. The highest BCUT2D eigenvalue weighted by atomic mass is 16.5. The van der Waals surface area contributed by atoms with Crippen molar-refractivity contribution < 1.29 is 14.0 Å². The highest BCUT2D eigenvalue weighted by molar-refractivity contribution is 5.20. The van der Waals surface area contributed by atoms with Crippen molar-refractivity contribution in [1.29, 1.82) is 0 Å². The number of aromatic nitrogens is 2. The first-order chi connectivity index (χ1) is 10.2. The number of ether oxygens (including phenoxy) is 2. The third-order valence-corrected chi connectivity index (χ3v) is 3.23. The Bertz CT molecular complexity index is 530. The van der Waals surface area contributed by atoms with Crippen LogP contribution in [0.25, 0.3) is 0 Å². The van der Waals surface area contributed by atoms with E-state index in [1.807, 2.05) is 44.3 Å². The molecule has 0 aliphatic carbocycles. The minimum Gasteiger partial charge on any atom is -0.492 e. The zero-order valence-corrected chi connectivity index (χ0v) is 12.7. The van der Waals surface area contributed by atoms with Gasteiger partial charge in [-0.1, -0.05) is 23.4 Å². The Labute approximate surface area is 124 Å². The first kappa shape index (κ1) is 15.5. The number of likely N-dealkylation sites (N-methyl/N-ethyl adjacent to an activating group) is 1. The summed E-state index contributed by atoms with van der Waals surface area (Å²) in [5.74, 6) is 2.02. The Morgan fingerprint density at radius 3 is 2.76 bits per heavy atom. The van der Waals surface area contributed by atoms with Gasteiger partial charge in [-0.05, 0) is 26.1 Å². The summed E-state index contributed by atoms with van der Waals surface area (Å²) in [4.78, 5) is 6.41. The highest BCUT2D eigenvalue weighted by Crippen LogP contribution is 2.16. The Kier molecular flexibility index (Phi) is 5.71. The lowest BCUT2D eigenvalue weighted by atomic mass is 10.3. The molecule has 0 spiro atoms. The van der Waals surface area contributed by atoms with E-state index in [-0.39, 0.29) is 6.04 Å². The SMILES string of the molecule is COCc1noc(C(C)N(C)CCOc2ccccc2)n1. The van der Waals surface area contributed by atoms with Gasteiger partial charge < -0.3 is 14.0 Å². The number of rotatable bonds is 8. The van der Waals surface area contributed by atoms with E-state index >= 15 is 0 Å². The number of nitrogens with zero attached hydrogens (tertiary/aromatic N) is 3. The van der Waals surface area contributed by atoms with Crippen LogP contribution in [0.4, 0.5) is 0 Å². The zero-order chi connectivity index (χ0) is 15.1. The molecular weight excluding hydrogens is 270 g/mol. The van der Waals surface area contributed by atoms with Crippen LogP contribution in [0.1, 0.15) is 24.7 Å². The van der Waals surface area contributed by atoms with Crippen LogP contribution < -0.4 is 4.74 Å². The average molecular weight is 291 g/mol. The summed E-state index contributed by atoms with van der Waals surface area (Å²) in [7, 11) is 3.60. The van der Waals surface area contributed by atoms with Crippen LogP contribution in [0.3, 0.4) is 0 Å². The third kappa shape index (κ3) is 4.54. The van der Waals surface area contributed by atoms with Gasteiger partial charge in [-0.25, -0.2) is 0 Å². The molecule has 0 aliphatic heterocycles. The van der Waals surface area contributed by atoms with Crippen LogP contribution in [0.2, 0.25) is 0 Å². The maximum absolute atomic E-state index is 5.68. The minimum atomic E-state index is 0.0301. The molecule has 0 radical (unpaired) electrons. The lowest BCUT2D eigenvalue weighted by molar-refractivity contribution is 0.169. The summed E-state index contributed by atoms with van der Waals surface area (Å²) in [6, 6.07) is 9.79. The molecule has 0 N–H and O–H groups in total. The number of methoxy groups -OCH3 is 1. The molecule has 1 atom stereocenters. The number of hydrogen-bond donors (Lipinski definition) is 0. The Balaban J connectivity index is 1.80. The van der Waals surface area contributed by atoms with E-state index in [0.717, 1.165) is 12.3 Å². The third-order valence-electron chi connectivity index (χ3n) is 3.23. The molecule has 1 heterocycles. The first-order valence-electron chi connectivity index (χ1n) is 6.90. The molecule has 0 amide bonds. The predicted octanol–water partition coefficient (Wildman–Crippen LogP) is 2.29. The highest BCUT2D eigenvalue weighted by Gasteiger charge is 2.18. The van der Waals surface area contributed by atoms with Crippen molar-refractivity contribution in [1.82, 2.24) is 15.0 Å². The van der Waals surface area contributed by atoms with Gasteiger partial charge in [0.15, 0.2) is 5.82 Å². The van der Waals surface area contributed by atoms with E-state index in [1.54, 1.807) is 7.11 Å². The molecule has 0 aliphatic rings. The monoisotopic (exact) mass is 291 g/mol. The van der Waals surface area contributed by atoms with Gasteiger partial charge in [-0.3, -0.25) is 4.90 Å². The van der Waals surface area contributed by atoms with E-state index in [9.17, 15) is 0 Å². The van der Waals surface area contributed by atoms with E-state index < -0.39 is 0 Å². The molecule has 6 heteroatoms. The van der Waals surface area contributed by atoms with Crippen molar-refractivity contribution in [3.05, 3.63) is 42.0 Å². The Hall–Kier alpha value is -1.92. The van der Waals surface area contributed by atoms with E-state index in [0.29, 0.717) is 24.9 Å². The number of para-hydroxylation sites is 1. The molecule has 0 fully saturated rings. The molecule has 0 saturated carbocycles. The van der Waals surface area contributed by atoms with E-state index in [2.05, 4.69) is 15.0 Å². The van der Waals surface area contributed by atoms with Gasteiger partial charge in [0.1, 0.15) is 19.0 Å². The molecule has 1 aromatic carbocycles. The smallest absolute Gasteiger partial charge is 0.243 e. The molecule has 2 rings (SSSR count). The summed E-state index contributed by atoms with van der Waals surface area (Å²) in [6.45, 7) is 3.74. The average Bonchev–Trinajstić information content (AvgIpc) is 2.96. The minimum absolute atomic E-state index is 0.0301. The van der Waals surface area contributed by atoms with Crippen molar-refractivity contribution >= 4 is 0 Å². The fourth-order valence-corrected chi connectivity index (χ4v) is 1.83. The van der Waals surface area contributed by atoms with Gasteiger partial charge in [-0.15, -0.1) is 0 Å². The normalized spacial score (nSPS) is 12.6. The van der Waals surface area contributed by atoms with Crippen molar-refractivity contribution in [2.75, 3.05) is 27.3 Å². The molecule has 114 valence electrons. The number of benzene rings is 1. The largest absolute Gasteiger partial charge is 0.492 e. The Morgan fingerprint density at radius 1 is 1.29 bits per heavy atom. The molecule has 1 unspecified atom stereocenters. The van der Waals surface area contributed by atoms with Crippen LogP contribution in [0.5, 0.6) is 5.75 Å². The van der Waals surface area contributed by atoms with Crippen LogP contribution in [0, 0.1) is 0 Å². The summed E-state index contributed by atoms with van der Waals surface area (Å²) < 4.78 is 15.9. The van der Waals surface area contributed by atoms with Gasteiger partial charge in [0.2, 0.25) is 5.89 Å². The number of hydrogen-bond acceptors (Lipinski definition) is 6. The van der Waals surface area contributed by atoms with Gasteiger partial charge in [-0.2, -0.15) is 4.98 Å². The fraction of sp³-hybridized carbons (Fsp3) is 0.467. The van der Waals surface area contributed by atoms with Crippen molar-refractivity contribution in [3.8, 4) is 5.75 Å². The lowest BCUT2D eigenvalue weighted by Crippen LogP contribution is -2.27. The van der Waals surface area contributed by atoms with E-state index in [1.165, 1.54) is 0 Å². The second-order valence-electron chi connectivity index (χ2n) is 4.80. The molecule has 2 aromatic rings. The van der Waals surface area contributed by atoms with Crippen LogP contribution in [-0.4, -0.2) is 42.3 Å². The van der Waals surface area contributed by atoms with Crippen molar-refractivity contribution in [2.45, 2.75) is 19.6 Å². The summed E-state index contributed by atoms with van der Waals surface area (Å²) >= 11 is 0. The van der Waals surface area contributed by atoms with Gasteiger partial charge in [0, 0.05) is 13.7 Å². The van der Waals surface area contributed by atoms with Crippen LogP contribution in [-0.2, 0) is 11.3 Å². The fourth-order valence-electron chi connectivity index (χ4n) is 1.83. The molecular formula is C15H21N3O3. The topological polar surface area (TPSA) is 60.6 Å². The van der Waals surface area contributed by atoms with E-state index in [4.69, 9.17) is 14.0 Å². The quantitative estimate of drug-likeness (QED) is 0.743. The van der Waals surface area contributed by atoms with Crippen molar-refractivity contribution in [2.24, 2.45) is 0 Å². The molecule has 21 heavy (non-hydrogen) atoms. The van der Waals surface area contributed by atoms with Gasteiger partial charge >= 0.3 is 0 Å². The lowest BCUT2D eigenvalue weighted by Gasteiger charge is -2.21. The van der Waals surface area contributed by atoms with Crippen LogP contribution in [0.15, 0.2) is 34.9 Å².